The molecule has 3 rings (SSSR count). The molecule has 0 aliphatic rings. The molecule has 2 N–H and O–H groups in total. The van der Waals surface area contributed by atoms with E-state index in [9.17, 15) is 9.59 Å². The molecule has 0 aliphatic heterocycles. The summed E-state index contributed by atoms with van der Waals surface area (Å²) in [4.78, 5) is 28.4. The Kier molecular flexibility index (Phi) is 8.63. The molecule has 1 atom stereocenters. The number of aromatic nitrogens is 1. The third kappa shape index (κ3) is 7.84. The van der Waals surface area contributed by atoms with Crippen LogP contribution in [-0.4, -0.2) is 42.0 Å². The van der Waals surface area contributed by atoms with E-state index in [1.807, 2.05) is 70.2 Å². The Bertz CT molecular complexity index is 1250. The standard InChI is InChI=1S/C29H37N3O5/c1-19(2)17-29(6,32-27(34)37-28(3,4)5)18-36-24-13-12-21(22-10-8-9-11-23(22)24)20-14-15-30-25(16-20)31-26(33)35-7/h8-16,19H,17-18H2,1-7H3,(H,32,34)(H,30,31,33)/t29-/m0/s1. The topological polar surface area (TPSA) is 98.8 Å². The molecule has 1 heterocycles. The van der Waals surface area contributed by atoms with Crippen molar-refractivity contribution in [1.82, 2.24) is 10.3 Å². The molecule has 0 spiro atoms. The first-order valence-electron chi connectivity index (χ1n) is 12.4. The first kappa shape index (κ1) is 27.8. The predicted molar refractivity (Wildman–Crippen MR) is 146 cm³/mol. The van der Waals surface area contributed by atoms with E-state index in [1.54, 1.807) is 12.3 Å². The molecule has 8 heteroatoms. The number of hydrogen-bond acceptors (Lipinski definition) is 6. The highest BCUT2D eigenvalue weighted by Crippen LogP contribution is 2.35. The number of hydrogen-bond donors (Lipinski definition) is 2. The molecule has 0 aliphatic carbocycles. The van der Waals surface area contributed by atoms with Crippen LogP contribution in [0.4, 0.5) is 15.4 Å². The van der Waals surface area contributed by atoms with Gasteiger partial charge in [-0.25, -0.2) is 14.6 Å². The Morgan fingerprint density at radius 2 is 1.68 bits per heavy atom. The second-order valence-corrected chi connectivity index (χ2v) is 10.8. The number of benzene rings is 2. The Labute approximate surface area is 218 Å². The molecule has 0 unspecified atom stereocenters. The Balaban J connectivity index is 1.89. The summed E-state index contributed by atoms with van der Waals surface area (Å²) in [6, 6.07) is 15.5. The van der Waals surface area contributed by atoms with Crippen molar-refractivity contribution < 1.29 is 23.8 Å². The summed E-state index contributed by atoms with van der Waals surface area (Å²) < 4.78 is 16.5. The number of ether oxygens (including phenoxy) is 3. The molecule has 8 nitrogen and oxygen atoms in total. The van der Waals surface area contributed by atoms with E-state index < -0.39 is 23.3 Å². The summed E-state index contributed by atoms with van der Waals surface area (Å²) in [5, 5.41) is 7.55. The number of nitrogens with zero attached hydrogens (tertiary/aromatic N) is 1. The van der Waals surface area contributed by atoms with Gasteiger partial charge in [-0.15, -0.1) is 0 Å². The molecule has 198 valence electrons. The van der Waals surface area contributed by atoms with Crippen molar-refractivity contribution in [3.63, 3.8) is 0 Å². The monoisotopic (exact) mass is 507 g/mol. The van der Waals surface area contributed by atoms with Gasteiger partial charge in [-0.3, -0.25) is 5.32 Å². The van der Waals surface area contributed by atoms with E-state index in [0.717, 1.165) is 28.3 Å². The van der Waals surface area contributed by atoms with Crippen LogP contribution in [0.2, 0.25) is 0 Å². The first-order chi connectivity index (χ1) is 17.4. The number of amides is 2. The lowest BCUT2D eigenvalue weighted by Gasteiger charge is -2.33. The third-order valence-electron chi connectivity index (χ3n) is 5.58. The fourth-order valence-electron chi connectivity index (χ4n) is 4.31. The maximum absolute atomic E-state index is 12.6. The summed E-state index contributed by atoms with van der Waals surface area (Å²) in [5.74, 6) is 1.44. The number of anilines is 1. The van der Waals surface area contributed by atoms with Gasteiger partial charge in [-0.05, 0) is 74.7 Å². The highest BCUT2D eigenvalue weighted by molar-refractivity contribution is 6.00. The largest absolute Gasteiger partial charge is 0.491 e. The van der Waals surface area contributed by atoms with Crippen LogP contribution in [-0.2, 0) is 9.47 Å². The van der Waals surface area contributed by atoms with Crippen molar-refractivity contribution >= 4 is 28.8 Å². The lowest BCUT2D eigenvalue weighted by Crippen LogP contribution is -2.52. The normalized spacial score (nSPS) is 13.1. The highest BCUT2D eigenvalue weighted by Gasteiger charge is 2.31. The SMILES string of the molecule is COC(=O)Nc1cc(-c2ccc(OC[C@](C)(CC(C)C)NC(=O)OC(C)(C)C)c3ccccc23)ccn1. The number of nitrogens with one attached hydrogen (secondary N) is 2. The van der Waals surface area contributed by atoms with E-state index in [0.29, 0.717) is 17.5 Å². The molecule has 3 aromatic rings. The van der Waals surface area contributed by atoms with Crippen LogP contribution in [0.5, 0.6) is 5.75 Å². The number of alkyl carbamates (subject to hydrolysis) is 1. The van der Waals surface area contributed by atoms with E-state index >= 15 is 0 Å². The van der Waals surface area contributed by atoms with Crippen molar-refractivity contribution in [2.45, 2.75) is 59.1 Å². The van der Waals surface area contributed by atoms with Gasteiger partial charge >= 0.3 is 12.2 Å². The Morgan fingerprint density at radius 3 is 2.32 bits per heavy atom. The van der Waals surface area contributed by atoms with E-state index in [-0.39, 0.29) is 6.61 Å². The molecular weight excluding hydrogens is 470 g/mol. The Morgan fingerprint density at radius 1 is 0.973 bits per heavy atom. The lowest BCUT2D eigenvalue weighted by atomic mass is 9.91. The minimum atomic E-state index is -0.629. The van der Waals surface area contributed by atoms with Gasteiger partial charge in [-0.2, -0.15) is 0 Å². The maximum Gasteiger partial charge on any atom is 0.412 e. The summed E-state index contributed by atoms with van der Waals surface area (Å²) in [6.07, 6.45) is 1.31. The minimum absolute atomic E-state index is 0.274. The number of fused-ring (bicyclic) bond motifs is 1. The van der Waals surface area contributed by atoms with Crippen LogP contribution < -0.4 is 15.4 Å². The van der Waals surface area contributed by atoms with E-state index in [2.05, 4.69) is 34.2 Å². The average molecular weight is 508 g/mol. The maximum atomic E-state index is 12.6. The zero-order valence-corrected chi connectivity index (χ0v) is 22.7. The molecule has 0 bridgehead atoms. The second kappa shape index (κ2) is 11.5. The van der Waals surface area contributed by atoms with Gasteiger partial charge in [-0.1, -0.05) is 44.2 Å². The summed E-state index contributed by atoms with van der Waals surface area (Å²) >= 11 is 0. The van der Waals surface area contributed by atoms with Gasteiger partial charge in [0.1, 0.15) is 23.8 Å². The predicted octanol–water partition coefficient (Wildman–Crippen LogP) is 6.79. The minimum Gasteiger partial charge on any atom is -0.491 e. The number of carbonyl (C=O) groups is 2. The van der Waals surface area contributed by atoms with Gasteiger partial charge < -0.3 is 19.5 Å². The van der Waals surface area contributed by atoms with Gasteiger partial charge in [0.15, 0.2) is 0 Å². The quantitative estimate of drug-likeness (QED) is 0.348. The summed E-state index contributed by atoms with van der Waals surface area (Å²) in [7, 11) is 1.31. The third-order valence-corrected chi connectivity index (χ3v) is 5.58. The molecule has 2 amide bonds. The zero-order valence-electron chi connectivity index (χ0n) is 22.7. The van der Waals surface area contributed by atoms with Crippen LogP contribution in [0.1, 0.15) is 48.0 Å². The van der Waals surface area contributed by atoms with Crippen molar-refractivity contribution in [1.29, 1.82) is 0 Å². The zero-order chi connectivity index (χ0) is 27.2. The van der Waals surface area contributed by atoms with Crippen molar-refractivity contribution in [3.05, 3.63) is 54.7 Å². The second-order valence-electron chi connectivity index (χ2n) is 10.8. The van der Waals surface area contributed by atoms with Crippen LogP contribution in [0.15, 0.2) is 54.7 Å². The number of carbonyl (C=O) groups excluding carboxylic acids is 2. The fraction of sp³-hybridized carbons (Fsp3) is 0.414. The molecule has 0 radical (unpaired) electrons. The van der Waals surface area contributed by atoms with Crippen LogP contribution >= 0.6 is 0 Å². The number of rotatable bonds is 8. The lowest BCUT2D eigenvalue weighted by molar-refractivity contribution is 0.0408. The highest BCUT2D eigenvalue weighted by atomic mass is 16.6. The first-order valence-corrected chi connectivity index (χ1v) is 12.4. The Hall–Kier alpha value is -3.81. The average Bonchev–Trinajstić information content (AvgIpc) is 2.80. The van der Waals surface area contributed by atoms with E-state index in [4.69, 9.17) is 9.47 Å². The van der Waals surface area contributed by atoms with Crippen molar-refractivity contribution in [3.8, 4) is 16.9 Å². The van der Waals surface area contributed by atoms with Crippen LogP contribution in [0.25, 0.3) is 21.9 Å². The van der Waals surface area contributed by atoms with E-state index in [1.165, 1.54) is 7.11 Å². The molecule has 1 aromatic heterocycles. The van der Waals surface area contributed by atoms with Gasteiger partial charge in [0.2, 0.25) is 0 Å². The molecule has 37 heavy (non-hydrogen) atoms. The molecule has 0 fully saturated rings. The fourth-order valence-corrected chi connectivity index (χ4v) is 4.31. The smallest absolute Gasteiger partial charge is 0.412 e. The molecule has 0 saturated carbocycles. The molecular formula is C29H37N3O5. The van der Waals surface area contributed by atoms with Gasteiger partial charge in [0.05, 0.1) is 12.6 Å². The van der Waals surface area contributed by atoms with Crippen molar-refractivity contribution in [2.24, 2.45) is 5.92 Å². The summed E-state index contributed by atoms with van der Waals surface area (Å²) in [6.45, 7) is 12.0. The van der Waals surface area contributed by atoms with Gasteiger partial charge in [0, 0.05) is 11.6 Å². The van der Waals surface area contributed by atoms with Gasteiger partial charge in [0.25, 0.3) is 0 Å². The molecule has 0 saturated heterocycles. The number of pyridine rings is 1. The van der Waals surface area contributed by atoms with Crippen LogP contribution in [0, 0.1) is 5.92 Å². The molecule has 2 aromatic carbocycles. The van der Waals surface area contributed by atoms with Crippen molar-refractivity contribution in [2.75, 3.05) is 19.0 Å². The number of methoxy groups -OCH3 is 1. The summed E-state index contributed by atoms with van der Waals surface area (Å²) in [5.41, 5.74) is 0.639. The van der Waals surface area contributed by atoms with Crippen LogP contribution in [0.3, 0.4) is 0 Å².